The molecular weight excluding hydrogens is 208 g/mol. The van der Waals surface area contributed by atoms with E-state index >= 15 is 0 Å². The number of nitrogens with two attached hydrogens (primary N) is 1. The fourth-order valence-electron chi connectivity index (χ4n) is 1.58. The molecule has 16 heavy (non-hydrogen) atoms. The average Bonchev–Trinajstić information content (AvgIpc) is 2.25. The van der Waals surface area contributed by atoms with Crippen LogP contribution in [-0.2, 0) is 0 Å². The maximum absolute atomic E-state index is 10.8. The van der Waals surface area contributed by atoms with Gasteiger partial charge in [0.25, 0.3) is 5.69 Å². The van der Waals surface area contributed by atoms with Crippen molar-refractivity contribution in [1.82, 2.24) is 0 Å². The van der Waals surface area contributed by atoms with E-state index in [1.54, 1.807) is 0 Å². The first kappa shape index (κ1) is 12.4. The third-order valence-corrected chi connectivity index (χ3v) is 2.48. The Morgan fingerprint density at radius 2 is 2.25 bits per heavy atom. The van der Waals surface area contributed by atoms with Gasteiger partial charge in [-0.1, -0.05) is 19.8 Å². The summed E-state index contributed by atoms with van der Waals surface area (Å²) in [6.07, 6.45) is 2.58. The molecule has 88 valence electrons. The van der Waals surface area contributed by atoms with Crippen LogP contribution in [0.5, 0.6) is 5.75 Å². The summed E-state index contributed by atoms with van der Waals surface area (Å²) in [6.45, 7) is 2.03. The molecule has 1 rings (SSSR count). The summed E-state index contributed by atoms with van der Waals surface area (Å²) in [5, 5.41) is 20.1. The van der Waals surface area contributed by atoms with Crippen LogP contribution in [0.2, 0.25) is 0 Å². The van der Waals surface area contributed by atoms with Crippen molar-refractivity contribution in [2.45, 2.75) is 32.2 Å². The van der Waals surface area contributed by atoms with Crippen LogP contribution < -0.4 is 5.73 Å². The van der Waals surface area contributed by atoms with Crippen LogP contribution in [0.15, 0.2) is 18.2 Å². The van der Waals surface area contributed by atoms with Gasteiger partial charge in [0.05, 0.1) is 10.5 Å². The second-order valence-electron chi connectivity index (χ2n) is 3.75. The third kappa shape index (κ3) is 2.93. The Hall–Kier alpha value is -1.62. The lowest BCUT2D eigenvalue weighted by Gasteiger charge is -2.11. The van der Waals surface area contributed by atoms with Gasteiger partial charge in [0.1, 0.15) is 5.75 Å². The van der Waals surface area contributed by atoms with E-state index in [1.165, 1.54) is 18.2 Å². The Labute approximate surface area is 94.0 Å². The van der Waals surface area contributed by atoms with E-state index in [-0.39, 0.29) is 11.4 Å². The number of phenolic OH excluding ortho intramolecular Hbond substituents is 1. The molecule has 0 unspecified atom stereocenters. The van der Waals surface area contributed by atoms with E-state index in [9.17, 15) is 15.2 Å². The van der Waals surface area contributed by atoms with E-state index in [4.69, 9.17) is 5.73 Å². The maximum atomic E-state index is 10.8. The van der Waals surface area contributed by atoms with E-state index < -0.39 is 11.0 Å². The lowest BCUT2D eigenvalue weighted by atomic mass is 10.00. The van der Waals surface area contributed by atoms with E-state index in [0.29, 0.717) is 12.0 Å². The Balaban J connectivity index is 2.99. The monoisotopic (exact) mass is 224 g/mol. The van der Waals surface area contributed by atoms with Crippen molar-refractivity contribution in [3.63, 3.8) is 0 Å². The summed E-state index contributed by atoms with van der Waals surface area (Å²) < 4.78 is 0. The zero-order valence-electron chi connectivity index (χ0n) is 9.22. The molecule has 5 heteroatoms. The predicted octanol–water partition coefficient (Wildman–Crippen LogP) is 2.49. The molecule has 0 saturated heterocycles. The Kier molecular flexibility index (Phi) is 4.25. The van der Waals surface area contributed by atoms with Gasteiger partial charge in [0.2, 0.25) is 0 Å². The highest BCUT2D eigenvalue weighted by atomic mass is 16.6. The molecule has 0 heterocycles. The highest BCUT2D eigenvalue weighted by molar-refractivity contribution is 5.46. The SMILES string of the molecule is CCCC[C@H](N)c1cc(O)ccc1[N+](=O)[O-]. The van der Waals surface area contributed by atoms with Crippen molar-refractivity contribution in [2.75, 3.05) is 0 Å². The number of benzene rings is 1. The number of phenols is 1. The smallest absolute Gasteiger partial charge is 0.274 e. The molecule has 0 aromatic heterocycles. The van der Waals surface area contributed by atoms with Gasteiger partial charge in [-0.2, -0.15) is 0 Å². The van der Waals surface area contributed by atoms with Crippen LogP contribution >= 0.6 is 0 Å². The fraction of sp³-hybridized carbons (Fsp3) is 0.455. The molecule has 1 aromatic rings. The molecule has 0 aliphatic carbocycles. The topological polar surface area (TPSA) is 89.4 Å². The molecule has 0 aliphatic rings. The molecular formula is C11H16N2O3. The quantitative estimate of drug-likeness (QED) is 0.594. The van der Waals surface area contributed by atoms with Gasteiger partial charge < -0.3 is 10.8 Å². The van der Waals surface area contributed by atoms with Crippen molar-refractivity contribution in [1.29, 1.82) is 0 Å². The number of nitro groups is 1. The van der Waals surface area contributed by atoms with Crippen molar-refractivity contribution < 1.29 is 10.0 Å². The third-order valence-electron chi connectivity index (χ3n) is 2.48. The van der Waals surface area contributed by atoms with Crippen molar-refractivity contribution in [3.05, 3.63) is 33.9 Å². The number of nitrogens with zero attached hydrogens (tertiary/aromatic N) is 1. The lowest BCUT2D eigenvalue weighted by Crippen LogP contribution is -2.12. The fourth-order valence-corrected chi connectivity index (χ4v) is 1.58. The van der Waals surface area contributed by atoms with E-state index in [2.05, 4.69) is 0 Å². The Morgan fingerprint density at radius 3 is 2.81 bits per heavy atom. The summed E-state index contributed by atoms with van der Waals surface area (Å²) in [6, 6.07) is 3.57. The van der Waals surface area contributed by atoms with Crippen LogP contribution in [-0.4, -0.2) is 10.0 Å². The van der Waals surface area contributed by atoms with Gasteiger partial charge in [0, 0.05) is 12.1 Å². The normalized spacial score (nSPS) is 12.4. The van der Waals surface area contributed by atoms with Crippen LogP contribution in [0.25, 0.3) is 0 Å². The van der Waals surface area contributed by atoms with Gasteiger partial charge in [-0.3, -0.25) is 10.1 Å². The summed E-state index contributed by atoms with van der Waals surface area (Å²) in [4.78, 5) is 10.3. The number of hydrogen-bond donors (Lipinski definition) is 2. The Bertz CT molecular complexity index is 379. The molecule has 0 fully saturated rings. The first-order valence-electron chi connectivity index (χ1n) is 5.29. The number of hydrogen-bond acceptors (Lipinski definition) is 4. The summed E-state index contributed by atoms with van der Waals surface area (Å²) in [5.41, 5.74) is 6.25. The summed E-state index contributed by atoms with van der Waals surface area (Å²) in [7, 11) is 0. The van der Waals surface area contributed by atoms with E-state index in [1.807, 2.05) is 6.92 Å². The largest absolute Gasteiger partial charge is 0.508 e. The molecule has 5 nitrogen and oxygen atoms in total. The first-order valence-corrected chi connectivity index (χ1v) is 5.29. The minimum Gasteiger partial charge on any atom is -0.508 e. The molecule has 1 aromatic carbocycles. The van der Waals surface area contributed by atoms with Crippen molar-refractivity contribution in [3.8, 4) is 5.75 Å². The molecule has 3 N–H and O–H groups in total. The van der Waals surface area contributed by atoms with Gasteiger partial charge in [0.15, 0.2) is 0 Å². The number of aromatic hydroxyl groups is 1. The Morgan fingerprint density at radius 1 is 1.56 bits per heavy atom. The standard InChI is InChI=1S/C11H16N2O3/c1-2-3-4-10(12)9-7-8(14)5-6-11(9)13(15)16/h5-7,10,14H,2-4,12H2,1H3/t10-/m0/s1. The highest BCUT2D eigenvalue weighted by Gasteiger charge is 2.19. The van der Waals surface area contributed by atoms with Crippen LogP contribution in [0.3, 0.4) is 0 Å². The second kappa shape index (κ2) is 5.46. The molecule has 0 radical (unpaired) electrons. The number of nitro benzene ring substituents is 1. The molecule has 0 spiro atoms. The highest BCUT2D eigenvalue weighted by Crippen LogP contribution is 2.29. The lowest BCUT2D eigenvalue weighted by molar-refractivity contribution is -0.385. The first-order chi connectivity index (χ1) is 7.56. The molecule has 0 saturated carbocycles. The zero-order chi connectivity index (χ0) is 12.1. The minimum absolute atomic E-state index is 0.00699. The molecule has 0 aliphatic heterocycles. The van der Waals surface area contributed by atoms with Gasteiger partial charge in [-0.05, 0) is 18.6 Å². The van der Waals surface area contributed by atoms with Crippen LogP contribution in [0.4, 0.5) is 5.69 Å². The summed E-state index contributed by atoms with van der Waals surface area (Å²) in [5.74, 6) is 0.00699. The summed E-state index contributed by atoms with van der Waals surface area (Å²) >= 11 is 0. The molecule has 1 atom stereocenters. The van der Waals surface area contributed by atoms with Crippen molar-refractivity contribution in [2.24, 2.45) is 5.73 Å². The van der Waals surface area contributed by atoms with Gasteiger partial charge in [-0.15, -0.1) is 0 Å². The minimum atomic E-state index is -0.472. The van der Waals surface area contributed by atoms with E-state index in [0.717, 1.165) is 12.8 Å². The second-order valence-corrected chi connectivity index (χ2v) is 3.75. The maximum Gasteiger partial charge on any atom is 0.274 e. The molecule has 0 bridgehead atoms. The molecule has 0 amide bonds. The van der Waals surface area contributed by atoms with Gasteiger partial charge in [-0.25, -0.2) is 0 Å². The van der Waals surface area contributed by atoms with Crippen molar-refractivity contribution >= 4 is 5.69 Å². The number of unbranched alkanes of at least 4 members (excludes halogenated alkanes) is 1. The number of rotatable bonds is 5. The van der Waals surface area contributed by atoms with Crippen LogP contribution in [0, 0.1) is 10.1 Å². The van der Waals surface area contributed by atoms with Crippen LogP contribution in [0.1, 0.15) is 37.8 Å². The zero-order valence-corrected chi connectivity index (χ0v) is 9.22. The van der Waals surface area contributed by atoms with Gasteiger partial charge >= 0.3 is 0 Å². The average molecular weight is 224 g/mol. The predicted molar refractivity (Wildman–Crippen MR) is 61.2 cm³/mol.